The number of carbonyl (C=O) groups excluding carboxylic acids is 1. The Hall–Kier alpha value is -2.31. The molecule has 2 aromatic rings. The van der Waals surface area contributed by atoms with E-state index in [0.717, 1.165) is 76.6 Å². The van der Waals surface area contributed by atoms with E-state index >= 15 is 0 Å². The minimum absolute atomic E-state index is 0.274. The van der Waals surface area contributed by atoms with Crippen LogP contribution in [-0.4, -0.2) is 66.5 Å². The van der Waals surface area contributed by atoms with Crippen molar-refractivity contribution < 1.29 is 4.79 Å². The SMILES string of the molecule is O=C(CCCN1CCN(c2ncccn2)CC1)c1ccc2c(c1)CCNCC2. The largest absolute Gasteiger partial charge is 0.338 e. The summed E-state index contributed by atoms with van der Waals surface area (Å²) in [5, 5.41) is 3.43. The highest BCUT2D eigenvalue weighted by atomic mass is 16.1. The van der Waals surface area contributed by atoms with Gasteiger partial charge >= 0.3 is 0 Å². The number of benzene rings is 1. The summed E-state index contributed by atoms with van der Waals surface area (Å²) in [6, 6.07) is 8.15. The fourth-order valence-corrected chi connectivity index (χ4v) is 4.08. The smallest absolute Gasteiger partial charge is 0.225 e. The minimum atomic E-state index is 0.274. The van der Waals surface area contributed by atoms with Gasteiger partial charge in [0.05, 0.1) is 0 Å². The lowest BCUT2D eigenvalue weighted by Gasteiger charge is -2.34. The van der Waals surface area contributed by atoms with Gasteiger partial charge in [0.1, 0.15) is 0 Å². The Balaban J connectivity index is 1.22. The van der Waals surface area contributed by atoms with E-state index in [-0.39, 0.29) is 5.78 Å². The van der Waals surface area contributed by atoms with Gasteiger partial charge in [-0.1, -0.05) is 12.1 Å². The van der Waals surface area contributed by atoms with Crippen LogP contribution in [0.1, 0.15) is 34.3 Å². The highest BCUT2D eigenvalue weighted by Gasteiger charge is 2.19. The lowest BCUT2D eigenvalue weighted by atomic mass is 9.97. The number of hydrogen-bond donors (Lipinski definition) is 1. The Kier molecular flexibility index (Phi) is 6.29. The lowest BCUT2D eigenvalue weighted by molar-refractivity contribution is 0.0974. The minimum Gasteiger partial charge on any atom is -0.338 e. The number of piperazine rings is 1. The van der Waals surface area contributed by atoms with Gasteiger partial charge in [0.2, 0.25) is 5.95 Å². The number of anilines is 1. The van der Waals surface area contributed by atoms with Gasteiger partial charge in [0.15, 0.2) is 5.78 Å². The second-order valence-electron chi connectivity index (χ2n) is 7.64. The normalized spacial score (nSPS) is 17.8. The van der Waals surface area contributed by atoms with Crippen LogP contribution in [0.2, 0.25) is 0 Å². The third kappa shape index (κ3) is 4.75. The Bertz CT molecular complexity index is 787. The molecular weight excluding hydrogens is 350 g/mol. The maximum atomic E-state index is 12.6. The monoisotopic (exact) mass is 379 g/mol. The van der Waals surface area contributed by atoms with Crippen LogP contribution in [0.4, 0.5) is 5.95 Å². The number of carbonyl (C=O) groups is 1. The van der Waals surface area contributed by atoms with Crippen molar-refractivity contribution in [1.29, 1.82) is 0 Å². The molecule has 2 aliphatic heterocycles. The molecule has 0 bridgehead atoms. The van der Waals surface area contributed by atoms with E-state index < -0.39 is 0 Å². The Labute approximate surface area is 167 Å². The maximum Gasteiger partial charge on any atom is 0.225 e. The summed E-state index contributed by atoms with van der Waals surface area (Å²) in [6.07, 6.45) is 7.20. The first-order valence-electron chi connectivity index (χ1n) is 10.4. The van der Waals surface area contributed by atoms with Crippen LogP contribution in [0.15, 0.2) is 36.7 Å². The number of Topliss-reactive ketones (excluding diaryl/α,β-unsaturated/α-hetero) is 1. The first kappa shape index (κ1) is 19.0. The van der Waals surface area contributed by atoms with Gasteiger partial charge in [-0.15, -0.1) is 0 Å². The molecule has 1 aromatic carbocycles. The van der Waals surface area contributed by atoms with Gasteiger partial charge in [-0.2, -0.15) is 0 Å². The molecule has 4 rings (SSSR count). The van der Waals surface area contributed by atoms with Crippen LogP contribution >= 0.6 is 0 Å². The topological polar surface area (TPSA) is 61.4 Å². The number of nitrogens with zero attached hydrogens (tertiary/aromatic N) is 4. The number of fused-ring (bicyclic) bond motifs is 1. The summed E-state index contributed by atoms with van der Waals surface area (Å²) in [5.41, 5.74) is 3.61. The summed E-state index contributed by atoms with van der Waals surface area (Å²) in [4.78, 5) is 26.0. The number of rotatable bonds is 6. The maximum absolute atomic E-state index is 12.6. The fraction of sp³-hybridized carbons (Fsp3) is 0.500. The third-order valence-electron chi connectivity index (χ3n) is 5.76. The van der Waals surface area contributed by atoms with Gasteiger partial charge in [-0.05, 0) is 62.2 Å². The van der Waals surface area contributed by atoms with Crippen LogP contribution in [0, 0.1) is 0 Å². The molecule has 0 spiro atoms. The molecule has 28 heavy (non-hydrogen) atoms. The van der Waals surface area contributed by atoms with Crippen LogP contribution in [0.25, 0.3) is 0 Å². The summed E-state index contributed by atoms with van der Waals surface area (Å²) in [7, 11) is 0. The predicted octanol–water partition coefficient (Wildman–Crippen LogP) is 1.95. The molecule has 3 heterocycles. The summed E-state index contributed by atoms with van der Waals surface area (Å²) >= 11 is 0. The second kappa shape index (κ2) is 9.26. The van der Waals surface area contributed by atoms with Gasteiger partial charge in [0.25, 0.3) is 0 Å². The molecule has 148 valence electrons. The Morgan fingerprint density at radius 3 is 2.54 bits per heavy atom. The highest BCUT2D eigenvalue weighted by molar-refractivity contribution is 5.96. The number of aromatic nitrogens is 2. The van der Waals surface area contributed by atoms with Crippen molar-refractivity contribution in [2.75, 3.05) is 50.7 Å². The second-order valence-corrected chi connectivity index (χ2v) is 7.64. The third-order valence-corrected chi connectivity index (χ3v) is 5.76. The van der Waals surface area contributed by atoms with E-state index in [1.54, 1.807) is 12.4 Å². The zero-order valence-electron chi connectivity index (χ0n) is 16.4. The number of hydrogen-bond acceptors (Lipinski definition) is 6. The van der Waals surface area contributed by atoms with Crippen LogP contribution in [0.5, 0.6) is 0 Å². The molecule has 1 N–H and O–H groups in total. The van der Waals surface area contributed by atoms with Crippen molar-refractivity contribution in [2.45, 2.75) is 25.7 Å². The zero-order chi connectivity index (χ0) is 19.2. The van der Waals surface area contributed by atoms with E-state index in [2.05, 4.69) is 37.2 Å². The molecule has 0 aliphatic carbocycles. The molecule has 2 aliphatic rings. The number of ketones is 1. The van der Waals surface area contributed by atoms with Gasteiger partial charge in [-0.3, -0.25) is 9.69 Å². The lowest BCUT2D eigenvalue weighted by Crippen LogP contribution is -2.47. The van der Waals surface area contributed by atoms with Crippen molar-refractivity contribution in [2.24, 2.45) is 0 Å². The van der Waals surface area contributed by atoms with Crippen molar-refractivity contribution in [1.82, 2.24) is 20.2 Å². The van der Waals surface area contributed by atoms with Gasteiger partial charge in [0, 0.05) is 50.6 Å². The molecule has 0 saturated carbocycles. The first-order valence-corrected chi connectivity index (χ1v) is 10.4. The number of nitrogens with one attached hydrogen (secondary N) is 1. The molecule has 0 radical (unpaired) electrons. The highest BCUT2D eigenvalue weighted by Crippen LogP contribution is 2.17. The summed E-state index contributed by atoms with van der Waals surface area (Å²) in [6.45, 7) is 6.89. The molecule has 1 saturated heterocycles. The average molecular weight is 380 g/mol. The standard InChI is InChI=1S/C22H29N5O/c28-21(20-5-4-18-6-10-23-11-7-19(18)17-20)3-1-12-26-13-15-27(16-14-26)22-24-8-2-9-25-22/h2,4-5,8-9,17,23H,1,3,6-7,10-16H2. The van der Waals surface area contributed by atoms with Crippen molar-refractivity contribution in [3.05, 3.63) is 53.3 Å². The molecular formula is C22H29N5O. The Morgan fingerprint density at radius 2 is 1.75 bits per heavy atom. The van der Waals surface area contributed by atoms with E-state index in [4.69, 9.17) is 0 Å². The van der Waals surface area contributed by atoms with Crippen molar-refractivity contribution in [3.8, 4) is 0 Å². The van der Waals surface area contributed by atoms with E-state index in [0.29, 0.717) is 6.42 Å². The molecule has 0 atom stereocenters. The summed E-state index contributed by atoms with van der Waals surface area (Å²) < 4.78 is 0. The summed E-state index contributed by atoms with van der Waals surface area (Å²) in [5.74, 6) is 1.09. The van der Waals surface area contributed by atoms with E-state index in [9.17, 15) is 4.79 Å². The van der Waals surface area contributed by atoms with Crippen LogP contribution in [-0.2, 0) is 12.8 Å². The van der Waals surface area contributed by atoms with Crippen molar-refractivity contribution in [3.63, 3.8) is 0 Å². The molecule has 1 aromatic heterocycles. The Morgan fingerprint density at radius 1 is 1.00 bits per heavy atom. The zero-order valence-corrected chi connectivity index (χ0v) is 16.4. The first-order chi connectivity index (χ1) is 13.8. The molecule has 1 fully saturated rings. The predicted molar refractivity (Wildman–Crippen MR) is 111 cm³/mol. The van der Waals surface area contributed by atoms with Gasteiger partial charge in [-0.25, -0.2) is 9.97 Å². The van der Waals surface area contributed by atoms with Crippen molar-refractivity contribution >= 4 is 11.7 Å². The van der Waals surface area contributed by atoms with E-state index in [1.807, 2.05) is 12.1 Å². The quantitative estimate of drug-likeness (QED) is 0.774. The molecule has 6 nitrogen and oxygen atoms in total. The van der Waals surface area contributed by atoms with Gasteiger partial charge < -0.3 is 10.2 Å². The van der Waals surface area contributed by atoms with E-state index in [1.165, 1.54) is 11.1 Å². The molecule has 0 unspecified atom stereocenters. The van der Waals surface area contributed by atoms with Crippen LogP contribution in [0.3, 0.4) is 0 Å². The fourth-order valence-electron chi connectivity index (χ4n) is 4.08. The average Bonchev–Trinajstić information content (AvgIpc) is 2.99. The molecule has 0 amide bonds. The van der Waals surface area contributed by atoms with Crippen LogP contribution < -0.4 is 10.2 Å². The molecule has 6 heteroatoms.